The average molecular weight is 595 g/mol. The van der Waals surface area contributed by atoms with Crippen molar-refractivity contribution in [1.29, 1.82) is 0 Å². The van der Waals surface area contributed by atoms with Gasteiger partial charge in [0.1, 0.15) is 27.2 Å². The first kappa shape index (κ1) is 28.4. The highest BCUT2D eigenvalue weighted by molar-refractivity contribution is 7.21. The molecule has 4 heterocycles. The predicted molar refractivity (Wildman–Crippen MR) is 157 cm³/mol. The molecule has 6 rings (SSSR count). The molecule has 1 aliphatic heterocycles. The summed E-state index contributed by atoms with van der Waals surface area (Å²) < 4.78 is 22.1. The highest BCUT2D eigenvalue weighted by Crippen LogP contribution is 2.38. The Hall–Kier alpha value is -3.74. The second-order valence-electron chi connectivity index (χ2n) is 10.9. The summed E-state index contributed by atoms with van der Waals surface area (Å²) in [7, 11) is 1.59. The molecule has 0 radical (unpaired) electrons. The summed E-state index contributed by atoms with van der Waals surface area (Å²) in [5.74, 6) is -0.547. The van der Waals surface area contributed by atoms with Crippen LogP contribution in [0.15, 0.2) is 52.3 Å². The summed E-state index contributed by atoms with van der Waals surface area (Å²) in [6.07, 6.45) is 5.79. The molecule has 2 fully saturated rings. The maximum atomic E-state index is 14.5. The van der Waals surface area contributed by atoms with E-state index in [1.54, 1.807) is 30.3 Å². The fourth-order valence-electron chi connectivity index (χ4n) is 6.33. The number of rotatable bonds is 9. The van der Waals surface area contributed by atoms with Crippen LogP contribution in [0.25, 0.3) is 15.2 Å². The molecule has 1 atom stereocenters. The number of aliphatic carboxylic acids is 1. The van der Waals surface area contributed by atoms with E-state index in [2.05, 4.69) is 5.10 Å². The standard InChI is InChI=1S/C30H34N4O7S/c1-19-24-25(35)34(30(28(36)37)12-5-6-13-30)29(38)32(27(24)42-26(19)33-15-7-14-31-33)18-23(41-20-10-16-40-17-11-20)21-8-3-4-9-22(21)39-2/h3-4,7-9,14-15,20,23H,5-6,10-13,16-18H2,1-2H3,(H,36,37)/t23-/m0/s1. The molecular weight excluding hydrogens is 560 g/mol. The lowest BCUT2D eigenvalue weighted by atomic mass is 9.97. The third-order valence-electron chi connectivity index (χ3n) is 8.52. The number of thiophene rings is 1. The van der Waals surface area contributed by atoms with Gasteiger partial charge in [-0.2, -0.15) is 5.10 Å². The Morgan fingerprint density at radius 3 is 2.60 bits per heavy atom. The van der Waals surface area contributed by atoms with Crippen molar-refractivity contribution in [1.82, 2.24) is 18.9 Å². The number of fused-ring (bicyclic) bond motifs is 1. The van der Waals surface area contributed by atoms with E-state index >= 15 is 0 Å². The fraction of sp³-hybridized carbons (Fsp3) is 0.467. The number of para-hydroxylation sites is 1. The van der Waals surface area contributed by atoms with Gasteiger partial charge < -0.3 is 19.3 Å². The zero-order valence-electron chi connectivity index (χ0n) is 23.7. The van der Waals surface area contributed by atoms with Gasteiger partial charge in [-0.3, -0.25) is 9.36 Å². The Labute approximate surface area is 245 Å². The van der Waals surface area contributed by atoms with Crippen LogP contribution in [0.1, 0.15) is 55.8 Å². The third kappa shape index (κ3) is 4.77. The number of methoxy groups -OCH3 is 1. The second kappa shape index (κ2) is 11.5. The van der Waals surface area contributed by atoms with Crippen LogP contribution >= 0.6 is 11.3 Å². The van der Waals surface area contributed by atoms with Crippen LogP contribution in [0, 0.1) is 6.92 Å². The summed E-state index contributed by atoms with van der Waals surface area (Å²) in [4.78, 5) is 41.9. The number of hydrogen-bond donors (Lipinski definition) is 1. The highest BCUT2D eigenvalue weighted by Gasteiger charge is 2.46. The Morgan fingerprint density at radius 1 is 1.19 bits per heavy atom. The van der Waals surface area contributed by atoms with Gasteiger partial charge >= 0.3 is 11.7 Å². The van der Waals surface area contributed by atoms with Crippen molar-refractivity contribution in [3.8, 4) is 10.8 Å². The number of carboxylic acids is 1. The molecule has 1 saturated carbocycles. The number of hydrogen-bond acceptors (Lipinski definition) is 8. The van der Waals surface area contributed by atoms with Crippen LogP contribution in [-0.2, 0) is 26.4 Å². The van der Waals surface area contributed by atoms with Gasteiger partial charge in [0, 0.05) is 36.7 Å². The molecule has 0 spiro atoms. The number of aromatic nitrogens is 4. The maximum Gasteiger partial charge on any atom is 0.333 e. The van der Waals surface area contributed by atoms with Crippen molar-refractivity contribution in [2.75, 3.05) is 20.3 Å². The molecule has 4 aromatic rings. The van der Waals surface area contributed by atoms with Gasteiger partial charge in [0.25, 0.3) is 5.56 Å². The number of benzene rings is 1. The lowest BCUT2D eigenvalue weighted by Crippen LogP contribution is -2.54. The van der Waals surface area contributed by atoms with Crippen molar-refractivity contribution in [2.24, 2.45) is 0 Å². The van der Waals surface area contributed by atoms with Gasteiger partial charge in [-0.1, -0.05) is 42.4 Å². The van der Waals surface area contributed by atoms with Crippen molar-refractivity contribution in [3.05, 3.63) is 74.7 Å². The zero-order chi connectivity index (χ0) is 29.4. The molecule has 0 bridgehead atoms. The molecular formula is C30H34N4O7S. The monoisotopic (exact) mass is 594 g/mol. The third-order valence-corrected chi connectivity index (χ3v) is 9.82. The van der Waals surface area contributed by atoms with E-state index in [1.807, 2.05) is 31.2 Å². The first-order valence-electron chi connectivity index (χ1n) is 14.2. The van der Waals surface area contributed by atoms with E-state index in [1.165, 1.54) is 15.9 Å². The number of ether oxygens (including phenoxy) is 3. The second-order valence-corrected chi connectivity index (χ2v) is 11.9. The number of carbonyl (C=O) groups is 1. The van der Waals surface area contributed by atoms with Gasteiger partial charge in [0.05, 0.1) is 25.1 Å². The lowest BCUT2D eigenvalue weighted by molar-refractivity contribution is -0.147. The summed E-state index contributed by atoms with van der Waals surface area (Å²) in [6.45, 7) is 3.03. The van der Waals surface area contributed by atoms with E-state index in [0.29, 0.717) is 65.4 Å². The minimum absolute atomic E-state index is 0.0571. The van der Waals surface area contributed by atoms with Crippen molar-refractivity contribution < 1.29 is 24.1 Å². The summed E-state index contributed by atoms with van der Waals surface area (Å²) in [5.41, 5.74) is -1.43. The van der Waals surface area contributed by atoms with Crippen molar-refractivity contribution in [2.45, 2.75) is 69.7 Å². The molecule has 3 aromatic heterocycles. The van der Waals surface area contributed by atoms with E-state index in [4.69, 9.17) is 14.2 Å². The van der Waals surface area contributed by atoms with E-state index < -0.39 is 28.9 Å². The molecule has 2 aliphatic rings. The first-order valence-corrected chi connectivity index (χ1v) is 15.1. The fourth-order valence-corrected chi connectivity index (χ4v) is 7.58. The summed E-state index contributed by atoms with van der Waals surface area (Å²) >= 11 is 1.28. The summed E-state index contributed by atoms with van der Waals surface area (Å²) in [6, 6.07) is 9.30. The SMILES string of the molecule is COc1ccccc1[C@H](Cn1c(=O)n(C2(C(=O)O)CCCC2)c(=O)c2c(C)c(-n3cccn3)sc21)OC1CCOCC1. The Morgan fingerprint density at radius 2 is 1.93 bits per heavy atom. The van der Waals surface area contributed by atoms with Crippen LogP contribution in [-0.4, -0.2) is 56.4 Å². The Kier molecular flexibility index (Phi) is 7.77. The number of carboxylic acid groups (broad SMARTS) is 1. The topological polar surface area (TPSA) is 127 Å². The minimum atomic E-state index is -1.61. The van der Waals surface area contributed by atoms with E-state index in [9.17, 15) is 19.5 Å². The summed E-state index contributed by atoms with van der Waals surface area (Å²) in [5, 5.41) is 15.8. The van der Waals surface area contributed by atoms with E-state index in [-0.39, 0.29) is 25.5 Å². The van der Waals surface area contributed by atoms with Crippen LogP contribution in [0.5, 0.6) is 5.75 Å². The average Bonchev–Trinajstić information content (AvgIpc) is 3.77. The van der Waals surface area contributed by atoms with Gasteiger partial charge in [-0.05, 0) is 44.7 Å². The van der Waals surface area contributed by atoms with Gasteiger partial charge in [0.15, 0.2) is 0 Å². The first-order chi connectivity index (χ1) is 20.4. The molecule has 11 nitrogen and oxygen atoms in total. The smallest absolute Gasteiger partial charge is 0.333 e. The normalized spacial score (nSPS) is 18.0. The molecule has 0 amide bonds. The van der Waals surface area contributed by atoms with Crippen LogP contribution in [0.4, 0.5) is 0 Å². The van der Waals surface area contributed by atoms with Crippen molar-refractivity contribution in [3.63, 3.8) is 0 Å². The van der Waals surface area contributed by atoms with Crippen LogP contribution in [0.2, 0.25) is 0 Å². The number of nitrogens with zero attached hydrogens (tertiary/aromatic N) is 4. The molecule has 1 aliphatic carbocycles. The molecule has 222 valence electrons. The van der Waals surface area contributed by atoms with Crippen LogP contribution < -0.4 is 16.0 Å². The van der Waals surface area contributed by atoms with Crippen LogP contribution in [0.3, 0.4) is 0 Å². The minimum Gasteiger partial charge on any atom is -0.496 e. The molecule has 1 aromatic carbocycles. The molecule has 12 heteroatoms. The predicted octanol–water partition coefficient (Wildman–Crippen LogP) is 4.02. The number of aryl methyl sites for hydroxylation is 1. The van der Waals surface area contributed by atoms with Gasteiger partial charge in [-0.25, -0.2) is 18.8 Å². The Bertz CT molecular complexity index is 1710. The Balaban J connectivity index is 1.60. The maximum absolute atomic E-state index is 14.5. The lowest BCUT2D eigenvalue weighted by Gasteiger charge is -2.30. The van der Waals surface area contributed by atoms with Gasteiger partial charge in [0.2, 0.25) is 0 Å². The van der Waals surface area contributed by atoms with E-state index in [0.717, 1.165) is 10.1 Å². The largest absolute Gasteiger partial charge is 0.496 e. The van der Waals surface area contributed by atoms with Crippen molar-refractivity contribution >= 4 is 27.5 Å². The zero-order valence-corrected chi connectivity index (χ0v) is 24.5. The molecule has 0 unspecified atom stereocenters. The van der Waals surface area contributed by atoms with Gasteiger partial charge in [-0.15, -0.1) is 0 Å². The highest BCUT2D eigenvalue weighted by atomic mass is 32.1. The molecule has 1 saturated heterocycles. The molecule has 1 N–H and O–H groups in total. The quantitative estimate of drug-likeness (QED) is 0.308. The molecule has 42 heavy (non-hydrogen) atoms.